The summed E-state index contributed by atoms with van der Waals surface area (Å²) in [7, 11) is 0. The van der Waals surface area contributed by atoms with E-state index in [4.69, 9.17) is 0 Å². The van der Waals surface area contributed by atoms with Crippen LogP contribution in [0.25, 0.3) is 0 Å². The Morgan fingerprint density at radius 3 is 2.87 bits per heavy atom. The number of urea groups is 1. The van der Waals surface area contributed by atoms with Crippen LogP contribution in [-0.2, 0) is 0 Å². The molecule has 1 aliphatic heterocycles. The molecule has 78 valence electrons. The van der Waals surface area contributed by atoms with Gasteiger partial charge in [-0.25, -0.2) is 9.80 Å². The molecule has 0 spiro atoms. The van der Waals surface area contributed by atoms with E-state index in [0.717, 1.165) is 18.5 Å². The molecule has 0 saturated carbocycles. The molecule has 2 rings (SSSR count). The molecule has 1 aliphatic rings. The Balaban J connectivity index is 2.01. The maximum atomic E-state index is 11.3. The first-order valence-electron chi connectivity index (χ1n) is 5.01. The summed E-state index contributed by atoms with van der Waals surface area (Å²) in [6, 6.07) is 9.62. The van der Waals surface area contributed by atoms with Gasteiger partial charge in [0.25, 0.3) is 0 Å². The number of hydrazone groups is 1. The van der Waals surface area contributed by atoms with Crippen LogP contribution >= 0.6 is 0 Å². The van der Waals surface area contributed by atoms with Gasteiger partial charge in [-0.2, -0.15) is 5.10 Å². The van der Waals surface area contributed by atoms with Gasteiger partial charge < -0.3 is 5.32 Å². The Labute approximate surface area is 88.6 Å². The lowest BCUT2D eigenvalue weighted by atomic mass is 10.2. The van der Waals surface area contributed by atoms with E-state index in [9.17, 15) is 4.79 Å². The monoisotopic (exact) mass is 203 g/mol. The molecule has 0 unspecified atom stereocenters. The summed E-state index contributed by atoms with van der Waals surface area (Å²) in [5.41, 5.74) is 0.996. The summed E-state index contributed by atoms with van der Waals surface area (Å²) in [6.07, 6.45) is 2.64. The van der Waals surface area contributed by atoms with Crippen molar-refractivity contribution >= 4 is 12.2 Å². The number of benzene rings is 1. The molecule has 0 atom stereocenters. The number of rotatable bonds is 2. The molecule has 2 amide bonds. The van der Waals surface area contributed by atoms with Crippen molar-refractivity contribution in [3.63, 3.8) is 0 Å². The van der Waals surface area contributed by atoms with Crippen LogP contribution in [0.5, 0.6) is 0 Å². The van der Waals surface area contributed by atoms with Crippen molar-refractivity contribution < 1.29 is 4.79 Å². The van der Waals surface area contributed by atoms with E-state index in [1.54, 1.807) is 6.21 Å². The number of hydrogen-bond acceptors (Lipinski definition) is 2. The van der Waals surface area contributed by atoms with Gasteiger partial charge in [-0.05, 0) is 12.0 Å². The fraction of sp³-hybridized carbons (Fsp3) is 0.273. The van der Waals surface area contributed by atoms with Crippen molar-refractivity contribution in [2.45, 2.75) is 6.42 Å². The molecule has 4 nitrogen and oxygen atoms in total. The molecule has 1 saturated heterocycles. The molecule has 15 heavy (non-hydrogen) atoms. The summed E-state index contributed by atoms with van der Waals surface area (Å²) in [6.45, 7) is 1.44. The van der Waals surface area contributed by atoms with Crippen LogP contribution in [0.4, 0.5) is 4.79 Å². The Bertz CT molecular complexity index is 361. The van der Waals surface area contributed by atoms with E-state index in [2.05, 4.69) is 10.4 Å². The highest BCUT2D eigenvalue weighted by Gasteiger charge is 2.15. The zero-order chi connectivity index (χ0) is 10.5. The number of carbonyl (C=O) groups excluding carboxylic acids is 1. The predicted molar refractivity (Wildman–Crippen MR) is 58.8 cm³/mol. The van der Waals surface area contributed by atoms with Gasteiger partial charge in [0, 0.05) is 13.1 Å². The summed E-state index contributed by atoms with van der Waals surface area (Å²) in [5.74, 6) is 0. The van der Waals surface area contributed by atoms with Crippen molar-refractivity contribution in [1.82, 2.24) is 10.3 Å². The Morgan fingerprint density at radius 2 is 2.13 bits per heavy atom. The Kier molecular flexibility index (Phi) is 2.97. The second-order valence-corrected chi connectivity index (χ2v) is 3.36. The zero-order valence-corrected chi connectivity index (χ0v) is 8.39. The normalized spacial score (nSPS) is 16.8. The summed E-state index contributed by atoms with van der Waals surface area (Å²) < 4.78 is 0. The molecule has 0 aliphatic carbocycles. The van der Waals surface area contributed by atoms with Crippen molar-refractivity contribution in [2.75, 3.05) is 13.1 Å². The molecule has 1 heterocycles. The number of nitrogens with zero attached hydrogens (tertiary/aromatic N) is 2. The molecule has 1 aromatic carbocycles. The number of amides is 2. The third kappa shape index (κ3) is 2.56. The van der Waals surface area contributed by atoms with Crippen molar-refractivity contribution in [2.24, 2.45) is 5.10 Å². The number of carbonyl (C=O) groups is 1. The van der Waals surface area contributed by atoms with Crippen LogP contribution in [0.15, 0.2) is 35.4 Å². The van der Waals surface area contributed by atoms with Gasteiger partial charge in [0.05, 0.1) is 6.21 Å². The van der Waals surface area contributed by atoms with E-state index in [-0.39, 0.29) is 6.03 Å². The largest absolute Gasteiger partial charge is 0.337 e. The summed E-state index contributed by atoms with van der Waals surface area (Å²) >= 11 is 0. The topological polar surface area (TPSA) is 44.7 Å². The lowest BCUT2D eigenvalue weighted by Gasteiger charge is -2.22. The Morgan fingerprint density at radius 1 is 1.33 bits per heavy atom. The van der Waals surface area contributed by atoms with Crippen LogP contribution in [0.3, 0.4) is 0 Å². The highest BCUT2D eigenvalue weighted by molar-refractivity contribution is 5.82. The SMILES string of the molecule is O=C1NCCCN1/N=C/c1ccccc1. The number of nitrogens with one attached hydrogen (secondary N) is 1. The van der Waals surface area contributed by atoms with Crippen LogP contribution in [0.1, 0.15) is 12.0 Å². The standard InChI is InChI=1S/C11H13N3O/c15-11-12-7-4-8-14(11)13-9-10-5-2-1-3-6-10/h1-3,5-6,9H,4,7-8H2,(H,12,15)/b13-9+. The molecule has 1 fully saturated rings. The van der Waals surface area contributed by atoms with Crippen molar-refractivity contribution in [1.29, 1.82) is 0 Å². The van der Waals surface area contributed by atoms with E-state index >= 15 is 0 Å². The first-order valence-corrected chi connectivity index (χ1v) is 5.01. The summed E-state index contributed by atoms with van der Waals surface area (Å²) in [5, 5.41) is 8.33. The molecule has 1 N–H and O–H groups in total. The van der Waals surface area contributed by atoms with Crippen LogP contribution in [0, 0.1) is 0 Å². The van der Waals surface area contributed by atoms with Gasteiger partial charge in [0.2, 0.25) is 0 Å². The van der Waals surface area contributed by atoms with E-state index in [0.29, 0.717) is 6.54 Å². The molecule has 0 radical (unpaired) electrons. The minimum Gasteiger partial charge on any atom is -0.336 e. The maximum Gasteiger partial charge on any atom is 0.337 e. The smallest absolute Gasteiger partial charge is 0.336 e. The van der Waals surface area contributed by atoms with Crippen molar-refractivity contribution in [3.8, 4) is 0 Å². The maximum absolute atomic E-state index is 11.3. The number of hydrogen-bond donors (Lipinski definition) is 1. The van der Waals surface area contributed by atoms with Gasteiger partial charge in [-0.1, -0.05) is 30.3 Å². The highest BCUT2D eigenvalue weighted by atomic mass is 16.2. The van der Waals surface area contributed by atoms with Gasteiger partial charge in [-0.3, -0.25) is 0 Å². The lowest BCUT2D eigenvalue weighted by molar-refractivity contribution is 0.189. The van der Waals surface area contributed by atoms with Gasteiger partial charge in [-0.15, -0.1) is 0 Å². The minimum atomic E-state index is -0.117. The molecular formula is C11H13N3O. The van der Waals surface area contributed by atoms with Gasteiger partial charge >= 0.3 is 6.03 Å². The van der Waals surface area contributed by atoms with E-state index < -0.39 is 0 Å². The fourth-order valence-electron chi connectivity index (χ4n) is 1.40. The Hall–Kier alpha value is -1.84. The van der Waals surface area contributed by atoms with Crippen molar-refractivity contribution in [3.05, 3.63) is 35.9 Å². The molecular weight excluding hydrogens is 190 g/mol. The molecule has 0 aromatic heterocycles. The van der Waals surface area contributed by atoms with Crippen LogP contribution in [0.2, 0.25) is 0 Å². The molecule has 1 aromatic rings. The average molecular weight is 203 g/mol. The minimum absolute atomic E-state index is 0.117. The molecule has 0 bridgehead atoms. The zero-order valence-electron chi connectivity index (χ0n) is 8.39. The lowest BCUT2D eigenvalue weighted by Crippen LogP contribution is -2.43. The van der Waals surface area contributed by atoms with Gasteiger partial charge in [0.15, 0.2) is 0 Å². The fourth-order valence-corrected chi connectivity index (χ4v) is 1.40. The third-order valence-corrected chi connectivity index (χ3v) is 2.20. The van der Waals surface area contributed by atoms with Crippen LogP contribution in [-0.4, -0.2) is 30.3 Å². The van der Waals surface area contributed by atoms with Gasteiger partial charge in [0.1, 0.15) is 0 Å². The highest BCUT2D eigenvalue weighted by Crippen LogP contribution is 2.00. The second-order valence-electron chi connectivity index (χ2n) is 3.36. The first kappa shape index (κ1) is 9.71. The first-order chi connectivity index (χ1) is 7.36. The summed E-state index contributed by atoms with van der Waals surface area (Å²) in [4.78, 5) is 11.3. The average Bonchev–Trinajstić information content (AvgIpc) is 2.29. The van der Waals surface area contributed by atoms with E-state index in [1.165, 1.54) is 5.01 Å². The third-order valence-electron chi connectivity index (χ3n) is 2.20. The second kappa shape index (κ2) is 4.59. The molecule has 4 heteroatoms. The predicted octanol–water partition coefficient (Wildman–Crippen LogP) is 1.44. The van der Waals surface area contributed by atoms with E-state index in [1.807, 2.05) is 30.3 Å². The van der Waals surface area contributed by atoms with Crippen LogP contribution < -0.4 is 5.32 Å². The quantitative estimate of drug-likeness (QED) is 0.726.